The van der Waals surface area contributed by atoms with Gasteiger partial charge in [0, 0.05) is 24.0 Å². The van der Waals surface area contributed by atoms with Crippen LogP contribution in [0.1, 0.15) is 40.1 Å². The molecule has 10 heteroatoms. The van der Waals surface area contributed by atoms with Crippen LogP contribution in [-0.2, 0) is 16.6 Å². The molecule has 2 N–H and O–H groups in total. The molecule has 33 heavy (non-hydrogen) atoms. The number of hydrogen-bond acceptors (Lipinski definition) is 7. The van der Waals surface area contributed by atoms with Crippen LogP contribution in [0, 0.1) is 6.92 Å². The van der Waals surface area contributed by atoms with Gasteiger partial charge in [-0.25, -0.2) is 4.79 Å². The average Bonchev–Trinajstić information content (AvgIpc) is 3.18. The van der Waals surface area contributed by atoms with E-state index in [0.717, 1.165) is 5.56 Å². The summed E-state index contributed by atoms with van der Waals surface area (Å²) in [4.78, 5) is 37.0. The van der Waals surface area contributed by atoms with E-state index < -0.39 is 5.97 Å². The van der Waals surface area contributed by atoms with Gasteiger partial charge in [0.1, 0.15) is 6.33 Å². The number of benzene rings is 2. The summed E-state index contributed by atoms with van der Waals surface area (Å²) < 4.78 is 6.89. The van der Waals surface area contributed by atoms with Gasteiger partial charge >= 0.3 is 5.97 Å². The quantitative estimate of drug-likeness (QED) is 0.384. The van der Waals surface area contributed by atoms with E-state index in [1.165, 1.54) is 11.8 Å². The highest BCUT2D eigenvalue weighted by Gasteiger charge is 2.13. The number of esters is 1. The standard InChI is InChI=1S/C23H25N5O4S/c1-14(2)32-22(31)16-7-9-18(10-8-16)25-21(30)17-6-5-15(3)19(11-17)26-20(29)12-33-23-27-24-13-28(23)4/h5-11,13-14H,12H2,1-4H3,(H,25,30)(H,26,29). The number of carbonyl (C=O) groups is 3. The summed E-state index contributed by atoms with van der Waals surface area (Å²) in [5, 5.41) is 14.0. The van der Waals surface area contributed by atoms with Crippen LogP contribution in [0.4, 0.5) is 11.4 Å². The first-order chi connectivity index (χ1) is 15.7. The van der Waals surface area contributed by atoms with Crippen LogP contribution >= 0.6 is 11.8 Å². The van der Waals surface area contributed by atoms with Crippen LogP contribution in [0.2, 0.25) is 0 Å². The Morgan fingerprint density at radius 3 is 2.39 bits per heavy atom. The van der Waals surface area contributed by atoms with E-state index in [1.54, 1.807) is 74.3 Å². The fourth-order valence-electron chi connectivity index (χ4n) is 2.79. The van der Waals surface area contributed by atoms with E-state index in [4.69, 9.17) is 4.74 Å². The molecule has 0 aliphatic carbocycles. The number of thioether (sulfide) groups is 1. The Balaban J connectivity index is 1.62. The van der Waals surface area contributed by atoms with Crippen molar-refractivity contribution in [2.75, 3.05) is 16.4 Å². The minimum atomic E-state index is -0.417. The van der Waals surface area contributed by atoms with Crippen LogP contribution in [0.25, 0.3) is 0 Å². The molecular formula is C23H25N5O4S. The zero-order valence-electron chi connectivity index (χ0n) is 18.8. The molecule has 0 aliphatic rings. The highest BCUT2D eigenvalue weighted by Crippen LogP contribution is 2.20. The number of ether oxygens (including phenoxy) is 1. The Bertz CT molecular complexity index is 1160. The van der Waals surface area contributed by atoms with Crippen molar-refractivity contribution in [1.82, 2.24) is 14.8 Å². The number of aryl methyl sites for hydroxylation is 2. The molecule has 2 aromatic carbocycles. The Morgan fingerprint density at radius 2 is 1.76 bits per heavy atom. The molecule has 0 radical (unpaired) electrons. The maximum Gasteiger partial charge on any atom is 0.338 e. The molecule has 0 aliphatic heterocycles. The minimum absolute atomic E-state index is 0.161. The van der Waals surface area contributed by atoms with Crippen LogP contribution in [0.15, 0.2) is 53.9 Å². The summed E-state index contributed by atoms with van der Waals surface area (Å²) in [5.74, 6) is -0.809. The van der Waals surface area contributed by atoms with Gasteiger partial charge in [-0.05, 0) is 62.7 Å². The zero-order valence-corrected chi connectivity index (χ0v) is 19.6. The van der Waals surface area contributed by atoms with Crippen molar-refractivity contribution in [3.8, 4) is 0 Å². The number of carbonyl (C=O) groups excluding carboxylic acids is 3. The SMILES string of the molecule is Cc1ccc(C(=O)Nc2ccc(C(=O)OC(C)C)cc2)cc1NC(=O)CSc1nncn1C. The average molecular weight is 468 g/mol. The van der Waals surface area contributed by atoms with Crippen LogP contribution in [0.5, 0.6) is 0 Å². The number of hydrogen-bond donors (Lipinski definition) is 2. The number of nitrogens with zero attached hydrogens (tertiary/aromatic N) is 3. The lowest BCUT2D eigenvalue weighted by molar-refractivity contribution is -0.113. The third kappa shape index (κ3) is 6.66. The first kappa shape index (κ1) is 24.0. The number of anilines is 2. The molecule has 0 fully saturated rings. The van der Waals surface area contributed by atoms with E-state index in [0.29, 0.717) is 27.7 Å². The zero-order chi connectivity index (χ0) is 24.0. The summed E-state index contributed by atoms with van der Waals surface area (Å²) in [6, 6.07) is 11.5. The van der Waals surface area contributed by atoms with Gasteiger partial charge in [0.15, 0.2) is 5.16 Å². The molecule has 3 rings (SSSR count). The van der Waals surface area contributed by atoms with Crippen molar-refractivity contribution in [2.45, 2.75) is 32.0 Å². The van der Waals surface area contributed by atoms with Gasteiger partial charge in [-0.15, -0.1) is 10.2 Å². The summed E-state index contributed by atoms with van der Waals surface area (Å²) in [5.41, 5.74) is 2.71. The van der Waals surface area contributed by atoms with Gasteiger partial charge in [-0.3, -0.25) is 9.59 Å². The van der Waals surface area contributed by atoms with Crippen molar-refractivity contribution in [1.29, 1.82) is 0 Å². The summed E-state index contributed by atoms with van der Waals surface area (Å²) in [7, 11) is 1.80. The summed E-state index contributed by atoms with van der Waals surface area (Å²) >= 11 is 1.27. The van der Waals surface area contributed by atoms with Crippen LogP contribution in [-0.4, -0.2) is 44.4 Å². The van der Waals surface area contributed by atoms with Crippen molar-refractivity contribution in [3.05, 3.63) is 65.5 Å². The maximum atomic E-state index is 12.7. The van der Waals surface area contributed by atoms with Crippen molar-refractivity contribution < 1.29 is 19.1 Å². The highest BCUT2D eigenvalue weighted by molar-refractivity contribution is 7.99. The van der Waals surface area contributed by atoms with Gasteiger partial charge in [-0.2, -0.15) is 0 Å². The fraction of sp³-hybridized carbons (Fsp3) is 0.261. The van der Waals surface area contributed by atoms with Crippen LogP contribution in [0.3, 0.4) is 0 Å². The highest BCUT2D eigenvalue weighted by atomic mass is 32.2. The molecule has 9 nitrogen and oxygen atoms in total. The van der Waals surface area contributed by atoms with Gasteiger partial charge in [0.25, 0.3) is 5.91 Å². The van der Waals surface area contributed by atoms with Crippen molar-refractivity contribution in [3.63, 3.8) is 0 Å². The van der Waals surface area contributed by atoms with E-state index >= 15 is 0 Å². The molecule has 1 aromatic heterocycles. The Morgan fingerprint density at radius 1 is 1.06 bits per heavy atom. The number of rotatable bonds is 8. The molecule has 0 bridgehead atoms. The molecule has 0 unspecified atom stereocenters. The molecule has 1 heterocycles. The van der Waals surface area contributed by atoms with Gasteiger partial charge in [-0.1, -0.05) is 17.8 Å². The lowest BCUT2D eigenvalue weighted by Crippen LogP contribution is -2.17. The number of aromatic nitrogens is 3. The maximum absolute atomic E-state index is 12.7. The topological polar surface area (TPSA) is 115 Å². The normalized spacial score (nSPS) is 10.7. The molecule has 0 saturated carbocycles. The molecule has 0 spiro atoms. The Hall–Kier alpha value is -3.66. The van der Waals surface area contributed by atoms with E-state index in [2.05, 4.69) is 20.8 Å². The molecule has 2 amide bonds. The third-order valence-electron chi connectivity index (χ3n) is 4.50. The smallest absolute Gasteiger partial charge is 0.338 e. The number of amides is 2. The molecule has 0 atom stereocenters. The predicted molar refractivity (Wildman–Crippen MR) is 126 cm³/mol. The molecule has 0 saturated heterocycles. The third-order valence-corrected chi connectivity index (χ3v) is 5.53. The van der Waals surface area contributed by atoms with Gasteiger partial charge in [0.2, 0.25) is 5.91 Å². The van der Waals surface area contributed by atoms with E-state index in [1.807, 2.05) is 6.92 Å². The van der Waals surface area contributed by atoms with E-state index in [-0.39, 0.29) is 23.7 Å². The van der Waals surface area contributed by atoms with E-state index in [9.17, 15) is 14.4 Å². The predicted octanol–water partition coefficient (Wildman–Crippen LogP) is 3.67. The Kier molecular flexibility index (Phi) is 7.83. The Labute approximate surface area is 195 Å². The summed E-state index contributed by atoms with van der Waals surface area (Å²) in [6.45, 7) is 5.41. The fourth-order valence-corrected chi connectivity index (χ4v) is 3.48. The first-order valence-corrected chi connectivity index (χ1v) is 11.2. The first-order valence-electron chi connectivity index (χ1n) is 10.2. The second-order valence-electron chi connectivity index (χ2n) is 7.58. The second kappa shape index (κ2) is 10.8. The lowest BCUT2D eigenvalue weighted by atomic mass is 10.1. The van der Waals surface area contributed by atoms with Crippen molar-refractivity contribution in [2.24, 2.45) is 7.05 Å². The molecule has 172 valence electrons. The van der Waals surface area contributed by atoms with Crippen molar-refractivity contribution >= 4 is 40.9 Å². The second-order valence-corrected chi connectivity index (χ2v) is 8.52. The van der Waals surface area contributed by atoms with Crippen LogP contribution < -0.4 is 10.6 Å². The monoisotopic (exact) mass is 467 g/mol. The minimum Gasteiger partial charge on any atom is -0.459 e. The largest absolute Gasteiger partial charge is 0.459 e. The number of nitrogens with one attached hydrogen (secondary N) is 2. The molecule has 3 aromatic rings. The molecular weight excluding hydrogens is 442 g/mol. The lowest BCUT2D eigenvalue weighted by Gasteiger charge is -2.12. The van der Waals surface area contributed by atoms with Gasteiger partial charge < -0.3 is 19.9 Å². The summed E-state index contributed by atoms with van der Waals surface area (Å²) in [6.07, 6.45) is 1.36. The van der Waals surface area contributed by atoms with Gasteiger partial charge in [0.05, 0.1) is 17.4 Å².